The minimum absolute atomic E-state index is 0.236. The molecular formula is C23H13Cl4N3O3. The summed E-state index contributed by atoms with van der Waals surface area (Å²) in [7, 11) is 0. The highest BCUT2D eigenvalue weighted by atomic mass is 35.5. The summed E-state index contributed by atoms with van der Waals surface area (Å²) in [6, 6.07) is 18.0. The third kappa shape index (κ3) is 5.37. The lowest BCUT2D eigenvalue weighted by atomic mass is 10.1. The molecule has 0 bridgehead atoms. The molecule has 3 aromatic carbocycles. The molecule has 0 atom stereocenters. The number of benzene rings is 3. The van der Waals surface area contributed by atoms with Gasteiger partial charge in [0.1, 0.15) is 0 Å². The maximum atomic E-state index is 12.6. The van der Waals surface area contributed by atoms with E-state index in [2.05, 4.69) is 10.1 Å². The number of hydrogen-bond acceptors (Lipinski definition) is 5. The predicted molar refractivity (Wildman–Crippen MR) is 128 cm³/mol. The third-order valence-corrected chi connectivity index (χ3v) is 5.75. The first kappa shape index (κ1) is 23.3. The predicted octanol–water partition coefficient (Wildman–Crippen LogP) is 6.59. The fourth-order valence-corrected chi connectivity index (χ4v) is 3.53. The van der Waals surface area contributed by atoms with Crippen molar-refractivity contribution >= 4 is 58.2 Å². The van der Waals surface area contributed by atoms with E-state index in [1.807, 2.05) is 0 Å². The zero-order chi connectivity index (χ0) is 23.5. The Morgan fingerprint density at radius 2 is 1.61 bits per heavy atom. The molecule has 0 radical (unpaired) electrons. The van der Waals surface area contributed by atoms with E-state index in [0.717, 1.165) is 0 Å². The van der Waals surface area contributed by atoms with Gasteiger partial charge < -0.3 is 4.74 Å². The molecule has 4 rings (SSSR count). The highest BCUT2D eigenvalue weighted by Crippen LogP contribution is 2.28. The molecule has 166 valence electrons. The number of ketones is 1. The first-order valence-corrected chi connectivity index (χ1v) is 11.0. The summed E-state index contributed by atoms with van der Waals surface area (Å²) >= 11 is 24.1. The molecule has 0 unspecified atom stereocenters. The van der Waals surface area contributed by atoms with Crippen LogP contribution in [0.4, 0.5) is 0 Å². The first-order chi connectivity index (χ1) is 15.8. The monoisotopic (exact) mass is 519 g/mol. The highest BCUT2D eigenvalue weighted by Gasteiger charge is 2.21. The van der Waals surface area contributed by atoms with Crippen LogP contribution in [0.5, 0.6) is 0 Å². The van der Waals surface area contributed by atoms with Gasteiger partial charge in [0.15, 0.2) is 18.2 Å². The van der Waals surface area contributed by atoms with Crippen LogP contribution in [0.15, 0.2) is 66.7 Å². The summed E-state index contributed by atoms with van der Waals surface area (Å²) in [4.78, 5) is 29.3. The Balaban J connectivity index is 1.64. The first-order valence-electron chi connectivity index (χ1n) is 9.46. The quantitative estimate of drug-likeness (QED) is 0.212. The zero-order valence-electron chi connectivity index (χ0n) is 16.6. The van der Waals surface area contributed by atoms with Gasteiger partial charge in [-0.1, -0.05) is 58.5 Å². The summed E-state index contributed by atoms with van der Waals surface area (Å²) in [6.45, 7) is -0.478. The van der Waals surface area contributed by atoms with E-state index in [-0.39, 0.29) is 11.6 Å². The van der Waals surface area contributed by atoms with Crippen LogP contribution >= 0.6 is 46.4 Å². The van der Waals surface area contributed by atoms with Gasteiger partial charge in [-0.3, -0.25) is 4.79 Å². The topological polar surface area (TPSA) is 74.1 Å². The van der Waals surface area contributed by atoms with Crippen molar-refractivity contribution in [3.63, 3.8) is 0 Å². The molecule has 0 N–H and O–H groups in total. The van der Waals surface area contributed by atoms with Gasteiger partial charge >= 0.3 is 5.97 Å². The van der Waals surface area contributed by atoms with Crippen LogP contribution in [-0.2, 0) is 4.74 Å². The Morgan fingerprint density at radius 1 is 0.848 bits per heavy atom. The van der Waals surface area contributed by atoms with Gasteiger partial charge in [0, 0.05) is 21.2 Å². The standard InChI is InChI=1S/C23H13Cl4N3O3/c24-15-6-4-13(5-7-15)20(31)12-33-23(32)21-28-22(14-2-1-3-16(25)10-14)30(29-21)17-8-9-18(26)19(27)11-17/h1-11H,12H2. The highest BCUT2D eigenvalue weighted by molar-refractivity contribution is 6.42. The summed E-state index contributed by atoms with van der Waals surface area (Å²) in [5, 5.41) is 5.92. The molecule has 4 aromatic rings. The lowest BCUT2D eigenvalue weighted by molar-refractivity contribution is 0.0462. The number of halogens is 4. The lowest BCUT2D eigenvalue weighted by Gasteiger charge is -2.07. The second-order valence-corrected chi connectivity index (χ2v) is 8.47. The number of nitrogens with zero attached hydrogens (tertiary/aromatic N) is 3. The summed E-state index contributed by atoms with van der Waals surface area (Å²) in [6.07, 6.45) is 0. The number of aromatic nitrogens is 3. The molecule has 0 aliphatic heterocycles. The molecule has 0 aliphatic carbocycles. The molecule has 33 heavy (non-hydrogen) atoms. The molecule has 0 fully saturated rings. The molecule has 10 heteroatoms. The van der Waals surface area contributed by atoms with E-state index in [0.29, 0.717) is 42.7 Å². The van der Waals surface area contributed by atoms with Crippen LogP contribution in [-0.4, -0.2) is 33.1 Å². The molecule has 0 aliphatic rings. The summed E-state index contributed by atoms with van der Waals surface area (Å²) in [5.74, 6) is -1.16. The molecule has 0 amide bonds. The van der Waals surface area contributed by atoms with Gasteiger partial charge in [-0.05, 0) is 54.6 Å². The smallest absolute Gasteiger partial charge is 0.378 e. The third-order valence-electron chi connectivity index (χ3n) is 4.52. The number of esters is 1. The number of hydrogen-bond donors (Lipinski definition) is 0. The van der Waals surface area contributed by atoms with E-state index >= 15 is 0 Å². The molecular weight excluding hydrogens is 508 g/mol. The summed E-state index contributed by atoms with van der Waals surface area (Å²) < 4.78 is 6.57. The van der Waals surface area contributed by atoms with Crippen molar-refractivity contribution in [2.45, 2.75) is 0 Å². The van der Waals surface area contributed by atoms with E-state index in [1.165, 1.54) is 4.68 Å². The van der Waals surface area contributed by atoms with Gasteiger partial charge in [0.05, 0.1) is 15.7 Å². The van der Waals surface area contributed by atoms with Crippen LogP contribution in [0.3, 0.4) is 0 Å². The molecule has 1 heterocycles. The fraction of sp³-hybridized carbons (Fsp3) is 0.0435. The molecule has 1 aromatic heterocycles. The van der Waals surface area contributed by atoms with Crippen LogP contribution in [0.2, 0.25) is 20.1 Å². The van der Waals surface area contributed by atoms with Gasteiger partial charge in [-0.15, -0.1) is 5.10 Å². The van der Waals surface area contributed by atoms with Crippen molar-refractivity contribution in [1.29, 1.82) is 0 Å². The lowest BCUT2D eigenvalue weighted by Crippen LogP contribution is -2.15. The van der Waals surface area contributed by atoms with Crippen molar-refractivity contribution in [2.75, 3.05) is 6.61 Å². The minimum Gasteiger partial charge on any atom is -0.451 e. The largest absolute Gasteiger partial charge is 0.451 e. The van der Waals surface area contributed by atoms with Crippen LogP contribution in [0.1, 0.15) is 21.0 Å². The van der Waals surface area contributed by atoms with Crippen molar-refractivity contribution in [1.82, 2.24) is 14.8 Å². The van der Waals surface area contributed by atoms with Gasteiger partial charge in [-0.2, -0.15) is 0 Å². The Kier molecular flexibility index (Phi) is 7.00. The van der Waals surface area contributed by atoms with Gasteiger partial charge in [-0.25, -0.2) is 14.5 Å². The second-order valence-electron chi connectivity index (χ2n) is 6.79. The molecule has 6 nitrogen and oxygen atoms in total. The minimum atomic E-state index is -0.862. The van der Waals surface area contributed by atoms with E-state index in [9.17, 15) is 9.59 Å². The average Bonchev–Trinajstić information content (AvgIpc) is 3.25. The van der Waals surface area contributed by atoms with E-state index in [4.69, 9.17) is 51.1 Å². The van der Waals surface area contributed by atoms with Crippen molar-refractivity contribution < 1.29 is 14.3 Å². The molecule has 0 spiro atoms. The van der Waals surface area contributed by atoms with Gasteiger partial charge in [0.25, 0.3) is 5.82 Å². The average molecular weight is 521 g/mol. The Labute approximate surface area is 208 Å². The summed E-state index contributed by atoms with van der Waals surface area (Å²) in [5.41, 5.74) is 1.49. The number of Topliss-reactive ketones (excluding diaryl/α,β-unsaturated/α-hetero) is 1. The van der Waals surface area contributed by atoms with Crippen LogP contribution in [0, 0.1) is 0 Å². The molecule has 0 saturated heterocycles. The maximum absolute atomic E-state index is 12.6. The Bertz CT molecular complexity index is 1350. The van der Waals surface area contributed by atoms with Gasteiger partial charge in [0.2, 0.25) is 0 Å². The normalized spacial score (nSPS) is 10.8. The Hall–Kier alpha value is -2.90. The SMILES string of the molecule is O=C(COC(=O)c1nc(-c2cccc(Cl)c2)n(-c2ccc(Cl)c(Cl)c2)n1)c1ccc(Cl)cc1. The van der Waals surface area contributed by atoms with Crippen LogP contribution in [0.25, 0.3) is 17.1 Å². The van der Waals surface area contributed by atoms with Crippen LogP contribution < -0.4 is 0 Å². The van der Waals surface area contributed by atoms with E-state index < -0.39 is 12.6 Å². The second kappa shape index (κ2) is 9.93. The number of rotatable bonds is 6. The number of ether oxygens (including phenoxy) is 1. The number of carbonyl (C=O) groups is 2. The fourth-order valence-electron chi connectivity index (χ4n) is 2.92. The Morgan fingerprint density at radius 3 is 2.30 bits per heavy atom. The van der Waals surface area contributed by atoms with Crippen molar-refractivity contribution in [3.8, 4) is 17.1 Å². The van der Waals surface area contributed by atoms with E-state index in [1.54, 1.807) is 66.7 Å². The zero-order valence-corrected chi connectivity index (χ0v) is 19.7. The van der Waals surface area contributed by atoms with Crippen molar-refractivity contribution in [3.05, 3.63) is 98.2 Å². The maximum Gasteiger partial charge on any atom is 0.378 e. The molecule has 0 saturated carbocycles. The number of carbonyl (C=O) groups excluding carboxylic acids is 2. The van der Waals surface area contributed by atoms with Crippen molar-refractivity contribution in [2.24, 2.45) is 0 Å².